The van der Waals surface area contributed by atoms with Crippen LogP contribution in [0.15, 0.2) is 18.2 Å². The zero-order valence-corrected chi connectivity index (χ0v) is 8.80. The number of halogens is 2. The van der Waals surface area contributed by atoms with E-state index >= 15 is 0 Å². The van der Waals surface area contributed by atoms with Gasteiger partial charge in [0.15, 0.2) is 5.78 Å². The molecule has 15 heavy (non-hydrogen) atoms. The van der Waals surface area contributed by atoms with E-state index in [9.17, 15) is 9.18 Å². The summed E-state index contributed by atoms with van der Waals surface area (Å²) in [5, 5.41) is 0.183. The van der Waals surface area contributed by atoms with Gasteiger partial charge < -0.3 is 5.73 Å². The number of rotatable bonds is 3. The molecule has 1 aromatic rings. The zero-order chi connectivity index (χ0) is 11.0. The molecule has 2 N–H and O–H groups in total. The lowest BCUT2D eigenvalue weighted by molar-refractivity contribution is 0.0961. The zero-order valence-electron chi connectivity index (χ0n) is 8.04. The second-order valence-corrected chi connectivity index (χ2v) is 4.23. The second kappa shape index (κ2) is 3.91. The van der Waals surface area contributed by atoms with E-state index in [2.05, 4.69) is 0 Å². The number of Topliss-reactive ketones (excluding diaryl/α,β-unsaturated/α-hetero) is 1. The highest BCUT2D eigenvalue weighted by Crippen LogP contribution is 2.41. The first-order chi connectivity index (χ1) is 7.13. The quantitative estimate of drug-likeness (QED) is 0.805. The van der Waals surface area contributed by atoms with Crippen LogP contribution in [0, 0.1) is 17.7 Å². The first-order valence-corrected chi connectivity index (χ1v) is 5.20. The van der Waals surface area contributed by atoms with Crippen LogP contribution in [0.2, 0.25) is 5.02 Å². The molecule has 2 atom stereocenters. The molecule has 80 valence electrons. The molecule has 2 rings (SSSR count). The average molecular weight is 228 g/mol. The SMILES string of the molecule is NCC1CC1C(=O)c1ccc(F)cc1Cl. The molecule has 2 nitrogen and oxygen atoms in total. The number of nitrogens with two attached hydrogens (primary N) is 1. The Kier molecular flexibility index (Phi) is 2.76. The summed E-state index contributed by atoms with van der Waals surface area (Å²) in [5.41, 5.74) is 5.86. The maximum absolute atomic E-state index is 12.8. The van der Waals surface area contributed by atoms with E-state index in [0.717, 1.165) is 12.5 Å². The smallest absolute Gasteiger partial charge is 0.167 e. The van der Waals surface area contributed by atoms with E-state index in [-0.39, 0.29) is 22.6 Å². The van der Waals surface area contributed by atoms with Crippen LogP contribution in [0.3, 0.4) is 0 Å². The monoisotopic (exact) mass is 227 g/mol. The molecule has 1 saturated carbocycles. The Morgan fingerprint density at radius 2 is 2.33 bits per heavy atom. The van der Waals surface area contributed by atoms with Crippen LogP contribution in [0.25, 0.3) is 0 Å². The molecule has 0 saturated heterocycles. The highest BCUT2D eigenvalue weighted by atomic mass is 35.5. The Labute approximate surface area is 92.2 Å². The Morgan fingerprint density at radius 1 is 1.60 bits per heavy atom. The van der Waals surface area contributed by atoms with E-state index in [1.165, 1.54) is 12.1 Å². The summed E-state index contributed by atoms with van der Waals surface area (Å²) in [6.45, 7) is 0.523. The standard InChI is InChI=1S/C11H11ClFNO/c12-10-4-7(13)1-2-8(10)11(15)9-3-6(9)5-14/h1-2,4,6,9H,3,5,14H2. The lowest BCUT2D eigenvalue weighted by Gasteiger charge is -2.02. The molecule has 0 radical (unpaired) electrons. The number of carbonyl (C=O) groups excluding carboxylic acids is 1. The van der Waals surface area contributed by atoms with Crippen molar-refractivity contribution in [2.24, 2.45) is 17.6 Å². The van der Waals surface area contributed by atoms with Gasteiger partial charge in [-0.15, -0.1) is 0 Å². The Balaban J connectivity index is 2.20. The van der Waals surface area contributed by atoms with Crippen molar-refractivity contribution in [3.63, 3.8) is 0 Å². The van der Waals surface area contributed by atoms with Gasteiger partial charge in [-0.05, 0) is 37.1 Å². The predicted octanol–water partition coefficient (Wildman–Crippen LogP) is 2.26. The molecule has 4 heteroatoms. The molecular weight excluding hydrogens is 217 g/mol. The van der Waals surface area contributed by atoms with Gasteiger partial charge in [0.2, 0.25) is 0 Å². The fraction of sp³-hybridized carbons (Fsp3) is 0.364. The molecule has 0 spiro atoms. The topological polar surface area (TPSA) is 43.1 Å². The van der Waals surface area contributed by atoms with Gasteiger partial charge in [-0.25, -0.2) is 4.39 Å². The second-order valence-electron chi connectivity index (χ2n) is 3.83. The molecule has 0 heterocycles. The predicted molar refractivity (Wildman–Crippen MR) is 56.4 cm³/mol. The lowest BCUT2D eigenvalue weighted by atomic mass is 10.1. The van der Waals surface area contributed by atoms with Gasteiger partial charge in [0, 0.05) is 11.5 Å². The van der Waals surface area contributed by atoms with Crippen LogP contribution < -0.4 is 5.73 Å². The van der Waals surface area contributed by atoms with Crippen molar-refractivity contribution in [1.82, 2.24) is 0 Å². The molecule has 0 aromatic heterocycles. The summed E-state index contributed by atoms with van der Waals surface area (Å²) in [4.78, 5) is 11.8. The van der Waals surface area contributed by atoms with Gasteiger partial charge in [0.1, 0.15) is 5.82 Å². The van der Waals surface area contributed by atoms with Gasteiger partial charge in [0.05, 0.1) is 5.02 Å². The average Bonchev–Trinajstić information content (AvgIpc) is 2.95. The van der Waals surface area contributed by atoms with Crippen LogP contribution in [-0.4, -0.2) is 12.3 Å². The number of hydrogen-bond acceptors (Lipinski definition) is 2. The van der Waals surface area contributed by atoms with Crippen molar-refractivity contribution in [1.29, 1.82) is 0 Å². The van der Waals surface area contributed by atoms with Crippen molar-refractivity contribution >= 4 is 17.4 Å². The summed E-state index contributed by atoms with van der Waals surface area (Å²) < 4.78 is 12.8. The fourth-order valence-electron chi connectivity index (χ4n) is 1.72. The maximum atomic E-state index is 12.8. The van der Waals surface area contributed by atoms with Gasteiger partial charge in [-0.2, -0.15) is 0 Å². The molecule has 0 amide bonds. The van der Waals surface area contributed by atoms with Gasteiger partial charge >= 0.3 is 0 Å². The van der Waals surface area contributed by atoms with Crippen LogP contribution in [-0.2, 0) is 0 Å². The van der Waals surface area contributed by atoms with E-state index in [4.69, 9.17) is 17.3 Å². The first kappa shape index (κ1) is 10.6. The van der Waals surface area contributed by atoms with Crippen molar-refractivity contribution in [3.8, 4) is 0 Å². The fourth-order valence-corrected chi connectivity index (χ4v) is 1.98. The third-order valence-corrected chi connectivity index (χ3v) is 3.07. The number of ketones is 1. The van der Waals surface area contributed by atoms with Gasteiger partial charge in [-0.1, -0.05) is 11.6 Å². The summed E-state index contributed by atoms with van der Waals surface area (Å²) in [6.07, 6.45) is 0.822. The highest BCUT2D eigenvalue weighted by Gasteiger charge is 2.42. The Hall–Kier alpha value is -0.930. The number of carbonyl (C=O) groups is 1. The van der Waals surface area contributed by atoms with Crippen molar-refractivity contribution < 1.29 is 9.18 Å². The van der Waals surface area contributed by atoms with E-state index < -0.39 is 5.82 Å². The number of benzene rings is 1. The Morgan fingerprint density at radius 3 is 2.87 bits per heavy atom. The highest BCUT2D eigenvalue weighted by molar-refractivity contribution is 6.34. The lowest BCUT2D eigenvalue weighted by Crippen LogP contribution is -2.09. The molecule has 2 unspecified atom stereocenters. The summed E-state index contributed by atoms with van der Waals surface area (Å²) in [6, 6.07) is 3.85. The molecule has 1 fully saturated rings. The van der Waals surface area contributed by atoms with E-state index in [0.29, 0.717) is 12.1 Å². The van der Waals surface area contributed by atoms with Gasteiger partial charge in [-0.3, -0.25) is 4.79 Å². The van der Waals surface area contributed by atoms with Crippen LogP contribution in [0.5, 0.6) is 0 Å². The van der Waals surface area contributed by atoms with Gasteiger partial charge in [0.25, 0.3) is 0 Å². The van der Waals surface area contributed by atoms with Crippen LogP contribution in [0.4, 0.5) is 4.39 Å². The number of hydrogen-bond donors (Lipinski definition) is 1. The van der Waals surface area contributed by atoms with Crippen LogP contribution >= 0.6 is 11.6 Å². The molecule has 0 aliphatic heterocycles. The molecular formula is C11H11ClFNO. The minimum atomic E-state index is -0.428. The summed E-state index contributed by atoms with van der Waals surface area (Å²) in [5.74, 6) is -0.185. The third kappa shape index (κ3) is 2.03. The first-order valence-electron chi connectivity index (χ1n) is 4.83. The molecule has 1 aliphatic rings. The van der Waals surface area contributed by atoms with E-state index in [1.54, 1.807) is 0 Å². The van der Waals surface area contributed by atoms with Crippen molar-refractivity contribution in [2.75, 3.05) is 6.54 Å². The van der Waals surface area contributed by atoms with Crippen molar-refractivity contribution in [3.05, 3.63) is 34.6 Å². The normalized spacial score (nSPS) is 23.9. The largest absolute Gasteiger partial charge is 0.330 e. The van der Waals surface area contributed by atoms with E-state index in [1.807, 2.05) is 0 Å². The summed E-state index contributed by atoms with van der Waals surface area (Å²) in [7, 11) is 0. The molecule has 1 aromatic carbocycles. The van der Waals surface area contributed by atoms with Crippen LogP contribution in [0.1, 0.15) is 16.8 Å². The summed E-state index contributed by atoms with van der Waals surface area (Å²) >= 11 is 5.80. The third-order valence-electron chi connectivity index (χ3n) is 2.76. The minimum Gasteiger partial charge on any atom is -0.330 e. The Bertz CT molecular complexity index is 408. The minimum absolute atomic E-state index is 0.0158. The van der Waals surface area contributed by atoms with Crippen molar-refractivity contribution in [2.45, 2.75) is 6.42 Å². The maximum Gasteiger partial charge on any atom is 0.167 e. The molecule has 1 aliphatic carbocycles. The molecule has 0 bridgehead atoms.